The number of ether oxygens (including phenoxy) is 1. The first-order chi connectivity index (χ1) is 9.69. The van der Waals surface area contributed by atoms with E-state index in [4.69, 9.17) is 4.74 Å². The van der Waals surface area contributed by atoms with Gasteiger partial charge in [0.05, 0.1) is 13.0 Å². The van der Waals surface area contributed by atoms with Crippen LogP contribution in [0.4, 0.5) is 0 Å². The summed E-state index contributed by atoms with van der Waals surface area (Å²) < 4.78 is 6.56. The Morgan fingerprint density at radius 2 is 2.15 bits per heavy atom. The Labute approximate surface area is 127 Å². The van der Waals surface area contributed by atoms with Gasteiger partial charge in [0.1, 0.15) is 5.75 Å². The van der Waals surface area contributed by atoms with E-state index in [0.29, 0.717) is 19.6 Å². The van der Waals surface area contributed by atoms with Gasteiger partial charge in [-0.1, -0.05) is 15.9 Å². The topological polar surface area (TPSA) is 49.8 Å². The Kier molecular flexibility index (Phi) is 5.86. The predicted molar refractivity (Wildman–Crippen MR) is 80.6 cm³/mol. The molecule has 0 spiro atoms. The molecule has 0 radical (unpaired) electrons. The van der Waals surface area contributed by atoms with Gasteiger partial charge in [-0.2, -0.15) is 0 Å². The molecule has 110 valence electrons. The van der Waals surface area contributed by atoms with Crippen LogP contribution >= 0.6 is 15.9 Å². The molecular weight excluding hydrogens is 322 g/mol. The highest BCUT2D eigenvalue weighted by Gasteiger charge is 2.22. The molecule has 5 heteroatoms. The van der Waals surface area contributed by atoms with Crippen LogP contribution < -0.4 is 4.74 Å². The van der Waals surface area contributed by atoms with Gasteiger partial charge in [-0.05, 0) is 43.0 Å². The smallest absolute Gasteiger partial charge is 0.226 e. The zero-order valence-corrected chi connectivity index (χ0v) is 13.0. The molecule has 0 saturated carbocycles. The van der Waals surface area contributed by atoms with Crippen LogP contribution in [-0.4, -0.2) is 42.2 Å². The van der Waals surface area contributed by atoms with Gasteiger partial charge in [0, 0.05) is 24.2 Å². The fourth-order valence-electron chi connectivity index (χ4n) is 2.39. The molecule has 0 aliphatic carbocycles. The molecule has 1 heterocycles. The monoisotopic (exact) mass is 341 g/mol. The van der Waals surface area contributed by atoms with Gasteiger partial charge in [0.15, 0.2) is 0 Å². The Morgan fingerprint density at radius 3 is 2.85 bits per heavy atom. The highest BCUT2D eigenvalue weighted by atomic mass is 79.9. The molecule has 1 N–H and O–H groups in total. The number of amides is 1. The van der Waals surface area contributed by atoms with E-state index < -0.39 is 0 Å². The highest BCUT2D eigenvalue weighted by Crippen LogP contribution is 2.18. The summed E-state index contributed by atoms with van der Waals surface area (Å²) in [7, 11) is 0. The number of hydrogen-bond donors (Lipinski definition) is 1. The Hall–Kier alpha value is -1.07. The summed E-state index contributed by atoms with van der Waals surface area (Å²) >= 11 is 3.36. The average molecular weight is 342 g/mol. The Balaban J connectivity index is 1.73. The number of nitrogens with zero attached hydrogens (tertiary/aromatic N) is 1. The molecule has 1 aliphatic heterocycles. The fourth-order valence-corrected chi connectivity index (χ4v) is 2.65. The third-order valence-electron chi connectivity index (χ3n) is 3.53. The molecular formula is C15H20BrNO3. The normalized spacial score (nSPS) is 18.9. The van der Waals surface area contributed by atoms with Crippen LogP contribution in [0.5, 0.6) is 5.75 Å². The van der Waals surface area contributed by atoms with E-state index in [1.807, 2.05) is 29.2 Å². The number of carbonyl (C=O) groups excluding carboxylic acids is 1. The summed E-state index contributed by atoms with van der Waals surface area (Å²) in [5.74, 6) is 1.12. The minimum atomic E-state index is 0.111. The second-order valence-electron chi connectivity index (χ2n) is 5.08. The standard InChI is InChI=1S/C15H20BrNO3/c16-13-3-5-14(6-4-13)20-9-7-15(19)17-8-1-2-12(10-17)11-18/h3-6,12,18H,1-2,7-11H2. The fraction of sp³-hybridized carbons (Fsp3) is 0.533. The maximum Gasteiger partial charge on any atom is 0.226 e. The van der Waals surface area contributed by atoms with Crippen molar-refractivity contribution in [2.45, 2.75) is 19.3 Å². The molecule has 1 saturated heterocycles. The molecule has 1 amide bonds. The van der Waals surface area contributed by atoms with Gasteiger partial charge < -0.3 is 14.7 Å². The van der Waals surface area contributed by atoms with Crippen LogP contribution in [0.2, 0.25) is 0 Å². The minimum absolute atomic E-state index is 0.111. The molecule has 1 fully saturated rings. The van der Waals surface area contributed by atoms with Crippen LogP contribution in [-0.2, 0) is 4.79 Å². The molecule has 1 aromatic carbocycles. The second-order valence-corrected chi connectivity index (χ2v) is 6.00. The van der Waals surface area contributed by atoms with E-state index in [-0.39, 0.29) is 18.4 Å². The molecule has 1 atom stereocenters. The summed E-state index contributed by atoms with van der Waals surface area (Å²) in [5, 5.41) is 9.17. The van der Waals surface area contributed by atoms with Crippen molar-refractivity contribution in [1.29, 1.82) is 0 Å². The first kappa shape index (κ1) is 15.3. The van der Waals surface area contributed by atoms with Gasteiger partial charge in [-0.15, -0.1) is 0 Å². The lowest BCUT2D eigenvalue weighted by Crippen LogP contribution is -2.41. The zero-order chi connectivity index (χ0) is 14.4. The minimum Gasteiger partial charge on any atom is -0.493 e. The molecule has 0 bridgehead atoms. The number of aliphatic hydroxyl groups is 1. The first-order valence-electron chi connectivity index (χ1n) is 6.96. The van der Waals surface area contributed by atoms with E-state index in [1.54, 1.807) is 0 Å². The summed E-state index contributed by atoms with van der Waals surface area (Å²) in [6.07, 6.45) is 2.37. The van der Waals surface area contributed by atoms with Gasteiger partial charge in [-0.3, -0.25) is 4.79 Å². The van der Waals surface area contributed by atoms with Crippen LogP contribution in [0, 0.1) is 5.92 Å². The number of carbonyl (C=O) groups is 1. The average Bonchev–Trinajstić information content (AvgIpc) is 2.49. The summed E-state index contributed by atoms with van der Waals surface area (Å²) in [5.41, 5.74) is 0. The molecule has 2 rings (SSSR count). The maximum atomic E-state index is 12.1. The largest absolute Gasteiger partial charge is 0.493 e. The Morgan fingerprint density at radius 1 is 1.40 bits per heavy atom. The molecule has 4 nitrogen and oxygen atoms in total. The number of hydrogen-bond acceptors (Lipinski definition) is 3. The van der Waals surface area contributed by atoms with Crippen molar-refractivity contribution >= 4 is 21.8 Å². The van der Waals surface area contributed by atoms with Crippen LogP contribution in [0.1, 0.15) is 19.3 Å². The molecule has 1 aromatic rings. The zero-order valence-electron chi connectivity index (χ0n) is 11.4. The van der Waals surface area contributed by atoms with E-state index in [9.17, 15) is 9.90 Å². The highest BCUT2D eigenvalue weighted by molar-refractivity contribution is 9.10. The summed E-state index contributed by atoms with van der Waals surface area (Å²) in [6.45, 7) is 2.03. The van der Waals surface area contributed by atoms with Crippen LogP contribution in [0.3, 0.4) is 0 Å². The summed E-state index contributed by atoms with van der Waals surface area (Å²) in [4.78, 5) is 13.9. The van der Waals surface area contributed by atoms with Crippen molar-refractivity contribution in [3.63, 3.8) is 0 Å². The first-order valence-corrected chi connectivity index (χ1v) is 7.75. The van der Waals surface area contributed by atoms with E-state index >= 15 is 0 Å². The number of likely N-dealkylation sites (tertiary alicyclic amines) is 1. The molecule has 0 aromatic heterocycles. The number of rotatable bonds is 5. The predicted octanol–water partition coefficient (Wildman–Crippen LogP) is 2.45. The lowest BCUT2D eigenvalue weighted by Gasteiger charge is -2.31. The van der Waals surface area contributed by atoms with Crippen LogP contribution in [0.25, 0.3) is 0 Å². The summed E-state index contributed by atoms with van der Waals surface area (Å²) in [6, 6.07) is 7.57. The SMILES string of the molecule is O=C(CCOc1ccc(Br)cc1)N1CCCC(CO)C1. The maximum absolute atomic E-state index is 12.1. The van der Waals surface area contributed by atoms with Crippen molar-refractivity contribution in [1.82, 2.24) is 4.90 Å². The van der Waals surface area contributed by atoms with E-state index in [0.717, 1.165) is 29.6 Å². The van der Waals surface area contributed by atoms with Gasteiger partial charge in [0.2, 0.25) is 5.91 Å². The van der Waals surface area contributed by atoms with Crippen LogP contribution in [0.15, 0.2) is 28.7 Å². The van der Waals surface area contributed by atoms with Gasteiger partial charge >= 0.3 is 0 Å². The van der Waals surface area contributed by atoms with Crippen molar-refractivity contribution in [3.05, 3.63) is 28.7 Å². The van der Waals surface area contributed by atoms with Crippen molar-refractivity contribution < 1.29 is 14.6 Å². The second kappa shape index (κ2) is 7.64. The number of halogens is 1. The lowest BCUT2D eigenvalue weighted by atomic mass is 9.99. The van der Waals surface area contributed by atoms with Gasteiger partial charge in [-0.25, -0.2) is 0 Å². The molecule has 1 unspecified atom stereocenters. The number of aliphatic hydroxyl groups excluding tert-OH is 1. The van der Waals surface area contributed by atoms with Crippen molar-refractivity contribution in [3.8, 4) is 5.75 Å². The third-order valence-corrected chi connectivity index (χ3v) is 4.06. The van der Waals surface area contributed by atoms with Crippen molar-refractivity contribution in [2.24, 2.45) is 5.92 Å². The van der Waals surface area contributed by atoms with Gasteiger partial charge in [0.25, 0.3) is 0 Å². The van der Waals surface area contributed by atoms with E-state index in [1.165, 1.54) is 0 Å². The third kappa shape index (κ3) is 4.49. The lowest BCUT2D eigenvalue weighted by molar-refractivity contribution is -0.133. The molecule has 1 aliphatic rings. The Bertz CT molecular complexity index is 435. The van der Waals surface area contributed by atoms with Crippen molar-refractivity contribution in [2.75, 3.05) is 26.3 Å². The number of benzene rings is 1. The quantitative estimate of drug-likeness (QED) is 0.894. The number of piperidine rings is 1. The molecule has 20 heavy (non-hydrogen) atoms. The van der Waals surface area contributed by atoms with E-state index in [2.05, 4.69) is 15.9 Å².